The summed E-state index contributed by atoms with van der Waals surface area (Å²) < 4.78 is 13.5. The van der Waals surface area contributed by atoms with Crippen LogP contribution in [0, 0.1) is 5.82 Å². The highest BCUT2D eigenvalue weighted by molar-refractivity contribution is 9.10. The van der Waals surface area contributed by atoms with Crippen LogP contribution < -0.4 is 0 Å². The normalized spacial score (nSPS) is 10.3. The molecule has 0 amide bonds. The molecule has 1 aromatic carbocycles. The van der Waals surface area contributed by atoms with Crippen molar-refractivity contribution in [2.24, 2.45) is 0 Å². The van der Waals surface area contributed by atoms with E-state index in [2.05, 4.69) is 20.9 Å². The van der Waals surface area contributed by atoms with E-state index >= 15 is 0 Å². The van der Waals surface area contributed by atoms with Gasteiger partial charge in [0.25, 0.3) is 0 Å². The summed E-state index contributed by atoms with van der Waals surface area (Å²) in [5, 5.41) is 0. The zero-order valence-electron chi connectivity index (χ0n) is 9.57. The molecule has 2 nitrogen and oxygen atoms in total. The smallest absolute Gasteiger partial charge is 0.143 e. The average Bonchev–Trinajstić information content (AvgIpc) is 2.34. The summed E-state index contributed by atoms with van der Waals surface area (Å²) in [6.45, 7) is 0. The van der Waals surface area contributed by atoms with Gasteiger partial charge in [-0.1, -0.05) is 28.1 Å². The van der Waals surface area contributed by atoms with Crippen molar-refractivity contribution in [1.29, 1.82) is 0 Å². The number of halogens is 2. The molecule has 0 unspecified atom stereocenters. The third kappa shape index (κ3) is 3.47. The van der Waals surface area contributed by atoms with Gasteiger partial charge in [0.05, 0.1) is 0 Å². The van der Waals surface area contributed by atoms with Gasteiger partial charge in [0.15, 0.2) is 0 Å². The molecule has 0 radical (unpaired) electrons. The third-order valence-electron chi connectivity index (χ3n) is 2.51. The lowest BCUT2D eigenvalue weighted by atomic mass is 10.1. The van der Waals surface area contributed by atoms with Crippen LogP contribution >= 0.6 is 15.9 Å². The second kappa shape index (κ2) is 5.87. The van der Waals surface area contributed by atoms with Gasteiger partial charge in [0, 0.05) is 29.2 Å². The van der Waals surface area contributed by atoms with Crippen molar-refractivity contribution in [1.82, 2.24) is 4.98 Å². The topological polar surface area (TPSA) is 30.0 Å². The molecule has 0 N–H and O–H groups in total. The first-order valence-electron chi connectivity index (χ1n) is 5.50. The summed E-state index contributed by atoms with van der Waals surface area (Å²) in [5.41, 5.74) is 1.54. The van der Waals surface area contributed by atoms with E-state index in [9.17, 15) is 9.18 Å². The van der Waals surface area contributed by atoms with E-state index in [1.807, 2.05) is 18.2 Å². The highest BCUT2D eigenvalue weighted by Gasteiger charge is 2.09. The van der Waals surface area contributed by atoms with Gasteiger partial charge in [0.1, 0.15) is 11.6 Å². The first kappa shape index (κ1) is 12.9. The minimum atomic E-state index is -0.317. The molecule has 2 aromatic rings. The number of hydrogen-bond donors (Lipinski definition) is 0. The van der Waals surface area contributed by atoms with Crippen LogP contribution in [0.3, 0.4) is 0 Å². The lowest BCUT2D eigenvalue weighted by molar-refractivity contribution is -0.117. The number of hydrogen-bond acceptors (Lipinski definition) is 2. The predicted molar refractivity (Wildman–Crippen MR) is 70.8 cm³/mol. The molecule has 4 heteroatoms. The number of aromatic nitrogens is 1. The number of Topliss-reactive ketones (excluding diaryl/α,β-unsaturated/α-hetero) is 1. The molecule has 0 atom stereocenters. The SMILES string of the molecule is O=C(Cc1ccccn1)Cc1ccc(F)cc1Br. The van der Waals surface area contributed by atoms with Crippen molar-refractivity contribution in [2.75, 3.05) is 0 Å². The summed E-state index contributed by atoms with van der Waals surface area (Å²) >= 11 is 3.25. The molecule has 0 spiro atoms. The fraction of sp³-hybridized carbons (Fsp3) is 0.143. The second-order valence-electron chi connectivity index (χ2n) is 3.95. The zero-order chi connectivity index (χ0) is 13.0. The van der Waals surface area contributed by atoms with E-state index in [-0.39, 0.29) is 18.0 Å². The lowest BCUT2D eigenvalue weighted by Crippen LogP contribution is -2.08. The van der Waals surface area contributed by atoms with Gasteiger partial charge in [-0.15, -0.1) is 0 Å². The van der Waals surface area contributed by atoms with E-state index in [1.54, 1.807) is 12.3 Å². The highest BCUT2D eigenvalue weighted by Crippen LogP contribution is 2.19. The molecule has 18 heavy (non-hydrogen) atoms. The fourth-order valence-corrected chi connectivity index (χ4v) is 2.14. The van der Waals surface area contributed by atoms with Crippen molar-refractivity contribution in [3.63, 3.8) is 0 Å². The molecule has 1 aromatic heterocycles. The molecule has 0 aliphatic rings. The van der Waals surface area contributed by atoms with Crippen molar-refractivity contribution >= 4 is 21.7 Å². The monoisotopic (exact) mass is 307 g/mol. The molecule has 0 bridgehead atoms. The van der Waals surface area contributed by atoms with Crippen LogP contribution in [0.1, 0.15) is 11.3 Å². The number of carbonyl (C=O) groups excluding carboxylic acids is 1. The first-order valence-corrected chi connectivity index (χ1v) is 6.30. The fourth-order valence-electron chi connectivity index (χ4n) is 1.64. The van der Waals surface area contributed by atoms with Gasteiger partial charge in [0.2, 0.25) is 0 Å². The van der Waals surface area contributed by atoms with E-state index in [1.165, 1.54) is 12.1 Å². The second-order valence-corrected chi connectivity index (χ2v) is 4.80. The standard InChI is InChI=1S/C14H11BrFNO/c15-14-8-11(16)5-4-10(14)7-13(18)9-12-3-1-2-6-17-12/h1-6,8H,7,9H2. The van der Waals surface area contributed by atoms with Crippen molar-refractivity contribution < 1.29 is 9.18 Å². The largest absolute Gasteiger partial charge is 0.299 e. The van der Waals surface area contributed by atoms with E-state index in [0.29, 0.717) is 10.9 Å². The number of nitrogens with zero attached hydrogens (tertiary/aromatic N) is 1. The van der Waals surface area contributed by atoms with Gasteiger partial charge >= 0.3 is 0 Å². The van der Waals surface area contributed by atoms with Crippen LogP contribution in [-0.2, 0) is 17.6 Å². The first-order chi connectivity index (χ1) is 8.65. The van der Waals surface area contributed by atoms with E-state index < -0.39 is 0 Å². The van der Waals surface area contributed by atoms with Crippen molar-refractivity contribution in [3.8, 4) is 0 Å². The van der Waals surface area contributed by atoms with Gasteiger partial charge in [-0.25, -0.2) is 4.39 Å². The van der Waals surface area contributed by atoms with Gasteiger partial charge in [-0.3, -0.25) is 9.78 Å². The molecule has 0 saturated heterocycles. The van der Waals surface area contributed by atoms with Crippen LogP contribution in [0.15, 0.2) is 47.1 Å². The lowest BCUT2D eigenvalue weighted by Gasteiger charge is -2.04. The molecular formula is C14H11BrFNO. The highest BCUT2D eigenvalue weighted by atomic mass is 79.9. The van der Waals surface area contributed by atoms with Crippen molar-refractivity contribution in [3.05, 3.63) is 64.1 Å². The maximum atomic E-state index is 12.9. The Morgan fingerprint density at radius 2 is 2.06 bits per heavy atom. The summed E-state index contributed by atoms with van der Waals surface area (Å²) in [6.07, 6.45) is 2.23. The Balaban J connectivity index is 2.03. The van der Waals surface area contributed by atoms with Crippen LogP contribution in [0.4, 0.5) is 4.39 Å². The van der Waals surface area contributed by atoms with E-state index in [4.69, 9.17) is 0 Å². The van der Waals surface area contributed by atoms with Crippen LogP contribution in [0.2, 0.25) is 0 Å². The number of benzene rings is 1. The maximum Gasteiger partial charge on any atom is 0.143 e. The maximum absolute atomic E-state index is 12.9. The Morgan fingerprint density at radius 3 is 2.72 bits per heavy atom. The quantitative estimate of drug-likeness (QED) is 0.867. The Labute approximate surface area is 113 Å². The van der Waals surface area contributed by atoms with Crippen LogP contribution in [-0.4, -0.2) is 10.8 Å². The number of ketones is 1. The summed E-state index contributed by atoms with van der Waals surface area (Å²) in [5.74, 6) is -0.260. The van der Waals surface area contributed by atoms with Crippen molar-refractivity contribution in [2.45, 2.75) is 12.8 Å². The Hall–Kier alpha value is -1.55. The van der Waals surface area contributed by atoms with Gasteiger partial charge in [-0.05, 0) is 29.8 Å². The number of carbonyl (C=O) groups is 1. The number of pyridine rings is 1. The Bertz CT molecular complexity index is 557. The minimum Gasteiger partial charge on any atom is -0.299 e. The third-order valence-corrected chi connectivity index (χ3v) is 3.25. The summed E-state index contributed by atoms with van der Waals surface area (Å²) in [4.78, 5) is 16.0. The molecular weight excluding hydrogens is 297 g/mol. The summed E-state index contributed by atoms with van der Waals surface area (Å²) in [6, 6.07) is 9.82. The molecule has 0 aliphatic heterocycles. The van der Waals surface area contributed by atoms with Crippen LogP contribution in [0.5, 0.6) is 0 Å². The zero-order valence-corrected chi connectivity index (χ0v) is 11.2. The Kier molecular flexibility index (Phi) is 4.20. The molecule has 1 heterocycles. The van der Waals surface area contributed by atoms with Gasteiger partial charge < -0.3 is 0 Å². The molecule has 92 valence electrons. The molecule has 0 aliphatic carbocycles. The Morgan fingerprint density at radius 1 is 1.22 bits per heavy atom. The molecule has 2 rings (SSSR count). The van der Waals surface area contributed by atoms with Crippen LogP contribution in [0.25, 0.3) is 0 Å². The van der Waals surface area contributed by atoms with E-state index in [0.717, 1.165) is 11.3 Å². The predicted octanol–water partition coefficient (Wildman–Crippen LogP) is 3.34. The average molecular weight is 308 g/mol. The molecule has 0 saturated carbocycles. The van der Waals surface area contributed by atoms with Gasteiger partial charge in [-0.2, -0.15) is 0 Å². The molecule has 0 fully saturated rings. The minimum absolute atomic E-state index is 0.0565. The number of rotatable bonds is 4. The summed E-state index contributed by atoms with van der Waals surface area (Å²) in [7, 11) is 0.